The van der Waals surface area contributed by atoms with Gasteiger partial charge in [-0.25, -0.2) is 0 Å². The molecule has 3 heterocycles. The van der Waals surface area contributed by atoms with Crippen molar-refractivity contribution < 1.29 is 0 Å². The van der Waals surface area contributed by atoms with E-state index in [2.05, 4.69) is 39.3 Å². The molecule has 0 spiro atoms. The molecule has 0 aromatic carbocycles. The Morgan fingerprint density at radius 1 is 1.00 bits per heavy atom. The lowest BCUT2D eigenvalue weighted by Crippen LogP contribution is -2.52. The first-order chi connectivity index (χ1) is 11.1. The number of aromatic nitrogens is 4. The van der Waals surface area contributed by atoms with E-state index in [-0.39, 0.29) is 0 Å². The van der Waals surface area contributed by atoms with Crippen LogP contribution in [0.1, 0.15) is 30.9 Å². The normalized spacial score (nSPS) is 20.2. The molecule has 2 aromatic heterocycles. The predicted molar refractivity (Wildman–Crippen MR) is 90.8 cm³/mol. The maximum absolute atomic E-state index is 4.30. The number of aryl methyl sites for hydroxylation is 2. The summed E-state index contributed by atoms with van der Waals surface area (Å²) in [6.07, 6.45) is 10.7. The summed E-state index contributed by atoms with van der Waals surface area (Å²) in [7, 11) is 3.97. The summed E-state index contributed by atoms with van der Waals surface area (Å²) in [6.45, 7) is 7.69. The average molecular weight is 316 g/mol. The maximum Gasteiger partial charge on any atom is 0.0534 e. The lowest BCUT2D eigenvalue weighted by Gasteiger charge is -2.41. The molecule has 0 radical (unpaired) electrons. The van der Waals surface area contributed by atoms with Gasteiger partial charge in [0.15, 0.2) is 0 Å². The second-order valence-electron chi connectivity index (χ2n) is 6.69. The Balaban J connectivity index is 1.60. The highest BCUT2D eigenvalue weighted by Crippen LogP contribution is 2.19. The van der Waals surface area contributed by atoms with E-state index in [1.54, 1.807) is 0 Å². The lowest BCUT2D eigenvalue weighted by atomic mass is 10.1. The van der Waals surface area contributed by atoms with Gasteiger partial charge in [0.05, 0.1) is 12.4 Å². The predicted octanol–water partition coefficient (Wildman–Crippen LogP) is 1.64. The van der Waals surface area contributed by atoms with Gasteiger partial charge >= 0.3 is 0 Å². The third kappa shape index (κ3) is 4.20. The molecule has 0 bridgehead atoms. The molecule has 6 nitrogen and oxygen atoms in total. The van der Waals surface area contributed by atoms with Crippen LogP contribution >= 0.6 is 0 Å². The van der Waals surface area contributed by atoms with Crippen LogP contribution < -0.4 is 0 Å². The van der Waals surface area contributed by atoms with Crippen molar-refractivity contribution in [2.45, 2.75) is 38.9 Å². The van der Waals surface area contributed by atoms with Gasteiger partial charge in [-0.05, 0) is 6.42 Å². The number of piperazine rings is 1. The molecule has 23 heavy (non-hydrogen) atoms. The molecule has 0 unspecified atom stereocenters. The molecule has 2 aromatic rings. The van der Waals surface area contributed by atoms with Crippen molar-refractivity contribution in [1.82, 2.24) is 29.4 Å². The first-order valence-corrected chi connectivity index (χ1v) is 8.55. The highest BCUT2D eigenvalue weighted by Gasteiger charge is 2.26. The first-order valence-electron chi connectivity index (χ1n) is 8.55. The van der Waals surface area contributed by atoms with Crippen LogP contribution in [0.25, 0.3) is 0 Å². The van der Waals surface area contributed by atoms with Gasteiger partial charge in [-0.2, -0.15) is 10.2 Å². The van der Waals surface area contributed by atoms with Crippen molar-refractivity contribution in [2.24, 2.45) is 14.1 Å². The second kappa shape index (κ2) is 7.27. The molecule has 1 fully saturated rings. The van der Waals surface area contributed by atoms with E-state index in [1.807, 2.05) is 35.9 Å². The van der Waals surface area contributed by atoms with Crippen LogP contribution in [0, 0.1) is 0 Å². The maximum atomic E-state index is 4.30. The van der Waals surface area contributed by atoms with Gasteiger partial charge in [-0.3, -0.25) is 19.2 Å². The van der Waals surface area contributed by atoms with Gasteiger partial charge in [-0.1, -0.05) is 13.3 Å². The fourth-order valence-corrected chi connectivity index (χ4v) is 3.52. The topological polar surface area (TPSA) is 42.1 Å². The molecule has 0 aliphatic carbocycles. The molecule has 1 aliphatic rings. The monoisotopic (exact) mass is 316 g/mol. The van der Waals surface area contributed by atoms with E-state index in [0.717, 1.165) is 32.7 Å². The number of hydrogen-bond donors (Lipinski definition) is 0. The third-order valence-electron chi connectivity index (χ3n) is 4.62. The van der Waals surface area contributed by atoms with Gasteiger partial charge in [0.25, 0.3) is 0 Å². The molecule has 0 saturated carbocycles. The summed E-state index contributed by atoms with van der Waals surface area (Å²) < 4.78 is 3.78. The van der Waals surface area contributed by atoms with Gasteiger partial charge < -0.3 is 0 Å². The molecule has 1 aliphatic heterocycles. The van der Waals surface area contributed by atoms with E-state index in [9.17, 15) is 0 Å². The molecule has 3 rings (SSSR count). The molecule has 0 amide bonds. The Bertz CT molecular complexity index is 616. The van der Waals surface area contributed by atoms with Crippen LogP contribution in [-0.4, -0.2) is 55.0 Å². The van der Waals surface area contributed by atoms with Crippen molar-refractivity contribution in [3.05, 3.63) is 35.9 Å². The Kier molecular flexibility index (Phi) is 5.13. The lowest BCUT2D eigenvalue weighted by molar-refractivity contribution is 0.0591. The fraction of sp³-hybridized carbons (Fsp3) is 0.647. The molecule has 6 heteroatoms. The van der Waals surface area contributed by atoms with Crippen LogP contribution in [0.3, 0.4) is 0 Å². The smallest absolute Gasteiger partial charge is 0.0534 e. The third-order valence-corrected chi connectivity index (χ3v) is 4.62. The molecule has 1 saturated heterocycles. The zero-order chi connectivity index (χ0) is 16.2. The number of rotatable bonds is 6. The molecular weight excluding hydrogens is 288 g/mol. The van der Waals surface area contributed by atoms with Gasteiger partial charge in [-0.15, -0.1) is 0 Å². The Morgan fingerprint density at radius 2 is 1.65 bits per heavy atom. The highest BCUT2D eigenvalue weighted by molar-refractivity contribution is 5.06. The quantitative estimate of drug-likeness (QED) is 0.812. The van der Waals surface area contributed by atoms with Gasteiger partial charge in [0, 0.05) is 76.4 Å². The van der Waals surface area contributed by atoms with E-state index in [4.69, 9.17) is 0 Å². The van der Waals surface area contributed by atoms with E-state index < -0.39 is 0 Å². The number of hydrogen-bond acceptors (Lipinski definition) is 4. The molecular formula is C17H28N6. The summed E-state index contributed by atoms with van der Waals surface area (Å²) in [6, 6.07) is 0.630. The molecule has 126 valence electrons. The zero-order valence-electron chi connectivity index (χ0n) is 14.5. The fourth-order valence-electron chi connectivity index (χ4n) is 3.52. The summed E-state index contributed by atoms with van der Waals surface area (Å²) in [5.74, 6) is 0. The Labute approximate surface area is 138 Å². The first kappa shape index (κ1) is 16.2. The summed E-state index contributed by atoms with van der Waals surface area (Å²) in [5.41, 5.74) is 2.62. The van der Waals surface area contributed by atoms with Gasteiger partial charge in [0.1, 0.15) is 0 Å². The van der Waals surface area contributed by atoms with Crippen LogP contribution in [-0.2, 0) is 27.2 Å². The van der Waals surface area contributed by atoms with Crippen molar-refractivity contribution >= 4 is 0 Å². The van der Waals surface area contributed by atoms with Crippen LogP contribution in [0.4, 0.5) is 0 Å². The largest absolute Gasteiger partial charge is 0.296 e. The number of nitrogens with zero attached hydrogens (tertiary/aromatic N) is 6. The standard InChI is InChI=1S/C17H28N6/c1-4-5-17-14-22(12-15-8-18-20(2)10-15)6-7-23(17)13-16-9-19-21(3)11-16/h8-11,17H,4-7,12-14H2,1-3H3/t17-/m0/s1. The zero-order valence-corrected chi connectivity index (χ0v) is 14.5. The Morgan fingerprint density at radius 3 is 2.22 bits per heavy atom. The molecule has 0 N–H and O–H groups in total. The van der Waals surface area contributed by atoms with E-state index in [1.165, 1.54) is 24.0 Å². The van der Waals surface area contributed by atoms with Crippen molar-refractivity contribution in [1.29, 1.82) is 0 Å². The summed E-state index contributed by atoms with van der Waals surface area (Å²) in [5, 5.41) is 8.58. The SMILES string of the molecule is CCC[C@H]1CN(Cc2cnn(C)c2)CCN1Cc1cnn(C)c1. The Hall–Kier alpha value is -1.66. The van der Waals surface area contributed by atoms with E-state index in [0.29, 0.717) is 6.04 Å². The van der Waals surface area contributed by atoms with Crippen molar-refractivity contribution in [3.8, 4) is 0 Å². The minimum absolute atomic E-state index is 0.630. The van der Waals surface area contributed by atoms with Crippen LogP contribution in [0.2, 0.25) is 0 Å². The second-order valence-corrected chi connectivity index (χ2v) is 6.69. The summed E-state index contributed by atoms with van der Waals surface area (Å²) >= 11 is 0. The van der Waals surface area contributed by atoms with Crippen molar-refractivity contribution in [3.63, 3.8) is 0 Å². The minimum atomic E-state index is 0.630. The van der Waals surface area contributed by atoms with Gasteiger partial charge in [0.2, 0.25) is 0 Å². The van der Waals surface area contributed by atoms with Crippen molar-refractivity contribution in [2.75, 3.05) is 19.6 Å². The van der Waals surface area contributed by atoms with Crippen LogP contribution in [0.5, 0.6) is 0 Å². The average Bonchev–Trinajstić information content (AvgIpc) is 3.11. The van der Waals surface area contributed by atoms with E-state index >= 15 is 0 Å². The molecule has 1 atom stereocenters. The summed E-state index contributed by atoms with van der Waals surface area (Å²) in [4.78, 5) is 5.19. The highest BCUT2D eigenvalue weighted by atomic mass is 15.3. The van der Waals surface area contributed by atoms with Crippen LogP contribution in [0.15, 0.2) is 24.8 Å². The minimum Gasteiger partial charge on any atom is -0.296 e.